The fourth-order valence-corrected chi connectivity index (χ4v) is 3.22. The van der Waals surface area contributed by atoms with Gasteiger partial charge in [0.15, 0.2) is 0 Å². The highest BCUT2D eigenvalue weighted by Crippen LogP contribution is 2.31. The van der Waals surface area contributed by atoms with E-state index < -0.39 is 40.7 Å². The second-order valence-electron chi connectivity index (χ2n) is 7.19. The molecule has 28 heavy (non-hydrogen) atoms. The molecule has 8 nitrogen and oxygen atoms in total. The maximum absolute atomic E-state index is 12.3. The largest absolute Gasteiger partial charge is 0.461 e. The van der Waals surface area contributed by atoms with Gasteiger partial charge in [-0.25, -0.2) is 9.59 Å². The van der Waals surface area contributed by atoms with E-state index in [0.717, 1.165) is 6.42 Å². The minimum atomic E-state index is -1.05. The fourth-order valence-electron chi connectivity index (χ4n) is 2.41. The van der Waals surface area contributed by atoms with Crippen LogP contribution in [0.5, 0.6) is 0 Å². The lowest BCUT2D eigenvalue weighted by molar-refractivity contribution is -0.156. The van der Waals surface area contributed by atoms with Crippen molar-refractivity contribution in [2.75, 3.05) is 6.79 Å². The molecule has 1 amide bonds. The third-order valence-corrected chi connectivity index (χ3v) is 4.86. The molecule has 0 bridgehead atoms. The number of rotatable bonds is 11. The monoisotopic (exact) mass is 419 g/mol. The van der Waals surface area contributed by atoms with Gasteiger partial charge >= 0.3 is 17.2 Å². The first-order valence-corrected chi connectivity index (χ1v) is 10.3. The Labute approximate surface area is 171 Å². The first-order chi connectivity index (χ1) is 12.9. The Morgan fingerprint density at radius 3 is 2.11 bits per heavy atom. The average molecular weight is 420 g/mol. The van der Waals surface area contributed by atoms with Crippen molar-refractivity contribution in [1.29, 1.82) is 0 Å². The van der Waals surface area contributed by atoms with Crippen LogP contribution in [0.15, 0.2) is 0 Å². The summed E-state index contributed by atoms with van der Waals surface area (Å²) in [6.45, 7) is 11.2. The van der Waals surface area contributed by atoms with Gasteiger partial charge in [0.2, 0.25) is 12.7 Å². The summed E-state index contributed by atoms with van der Waals surface area (Å²) in [4.78, 5) is 47.8. The number of carbonyl (C=O) groups excluding carboxylic acids is 4. The number of esters is 2. The molecule has 0 aliphatic carbocycles. The molecule has 0 aromatic carbocycles. The number of ether oxygens (including phenoxy) is 3. The van der Waals surface area contributed by atoms with Crippen molar-refractivity contribution in [3.63, 3.8) is 0 Å². The third kappa shape index (κ3) is 9.96. The van der Waals surface area contributed by atoms with Crippen LogP contribution in [0.1, 0.15) is 67.7 Å². The molecule has 0 radical (unpaired) electrons. The van der Waals surface area contributed by atoms with Gasteiger partial charge in [0.25, 0.3) is 0 Å². The maximum Gasteiger partial charge on any atom is 0.370 e. The van der Waals surface area contributed by atoms with Crippen LogP contribution >= 0.6 is 11.8 Å². The number of hydrogen-bond acceptors (Lipinski definition) is 8. The van der Waals surface area contributed by atoms with E-state index in [1.165, 1.54) is 6.92 Å². The van der Waals surface area contributed by atoms with E-state index >= 15 is 0 Å². The molecule has 1 N–H and O–H groups in total. The Hall–Kier alpha value is -1.77. The summed E-state index contributed by atoms with van der Waals surface area (Å²) < 4.78 is 14.1. The van der Waals surface area contributed by atoms with Crippen LogP contribution in [0.25, 0.3) is 0 Å². The first kappa shape index (κ1) is 26.2. The third-order valence-electron chi connectivity index (χ3n) is 3.82. The molecule has 2 atom stereocenters. The predicted octanol–water partition coefficient (Wildman–Crippen LogP) is 3.42. The van der Waals surface area contributed by atoms with E-state index in [1.807, 2.05) is 13.8 Å². The summed E-state index contributed by atoms with van der Waals surface area (Å²) in [7, 11) is 0. The molecular weight excluding hydrogens is 386 g/mol. The molecule has 9 heteroatoms. The zero-order chi connectivity index (χ0) is 21.9. The van der Waals surface area contributed by atoms with Gasteiger partial charge in [0, 0.05) is 6.92 Å². The Bertz CT molecular complexity index is 548. The lowest BCUT2D eigenvalue weighted by Gasteiger charge is -2.31. The molecule has 0 aromatic heterocycles. The van der Waals surface area contributed by atoms with Crippen LogP contribution in [0, 0.1) is 5.92 Å². The average Bonchev–Trinajstić information content (AvgIpc) is 2.55. The van der Waals surface area contributed by atoms with Gasteiger partial charge in [-0.3, -0.25) is 9.59 Å². The summed E-state index contributed by atoms with van der Waals surface area (Å²) >= 11 is 0.715. The van der Waals surface area contributed by atoms with Crippen molar-refractivity contribution < 1.29 is 33.4 Å². The standard InChI is InChI=1S/C19H33NO7S/c1-8-10-14(9-2)16(22)25-11-26-18(24)28-19(6,7)15(20-13(5)21)17(23)27-12(3)4/h12,14-15H,8-11H2,1-7H3,(H,20,21). The Morgan fingerprint density at radius 1 is 1.04 bits per heavy atom. The van der Waals surface area contributed by atoms with E-state index in [4.69, 9.17) is 14.2 Å². The van der Waals surface area contributed by atoms with Crippen LogP contribution in [-0.2, 0) is 28.6 Å². The van der Waals surface area contributed by atoms with Crippen LogP contribution in [0.4, 0.5) is 4.79 Å². The molecule has 0 saturated carbocycles. The van der Waals surface area contributed by atoms with Gasteiger partial charge in [-0.1, -0.05) is 20.3 Å². The first-order valence-electron chi connectivity index (χ1n) is 9.44. The van der Waals surface area contributed by atoms with E-state index in [9.17, 15) is 19.2 Å². The maximum atomic E-state index is 12.3. The van der Waals surface area contributed by atoms with Crippen molar-refractivity contribution in [3.05, 3.63) is 0 Å². The SMILES string of the molecule is CCCC(CC)C(=O)OCOC(=O)SC(C)(C)C(NC(C)=O)C(=O)OC(C)C. The van der Waals surface area contributed by atoms with Gasteiger partial charge in [-0.2, -0.15) is 0 Å². The van der Waals surface area contributed by atoms with Gasteiger partial charge < -0.3 is 19.5 Å². The zero-order valence-corrected chi connectivity index (χ0v) is 18.6. The summed E-state index contributed by atoms with van der Waals surface area (Å²) in [5.74, 6) is -1.70. The minimum absolute atomic E-state index is 0.220. The van der Waals surface area contributed by atoms with Crippen LogP contribution < -0.4 is 5.32 Å². The van der Waals surface area contributed by atoms with E-state index in [-0.39, 0.29) is 12.0 Å². The molecule has 2 unspecified atom stereocenters. The van der Waals surface area contributed by atoms with Crippen molar-refractivity contribution in [2.24, 2.45) is 5.92 Å². The fraction of sp³-hybridized carbons (Fsp3) is 0.789. The van der Waals surface area contributed by atoms with Gasteiger partial charge in [0.05, 0.1) is 16.8 Å². The highest BCUT2D eigenvalue weighted by Gasteiger charge is 2.40. The summed E-state index contributed by atoms with van der Waals surface area (Å²) in [6, 6.07) is -1.05. The summed E-state index contributed by atoms with van der Waals surface area (Å²) in [5.41, 5.74) is 0. The summed E-state index contributed by atoms with van der Waals surface area (Å²) in [6.07, 6.45) is 1.85. The molecule has 0 aliphatic heterocycles. The van der Waals surface area contributed by atoms with Crippen molar-refractivity contribution in [1.82, 2.24) is 5.32 Å². The van der Waals surface area contributed by atoms with Crippen molar-refractivity contribution >= 4 is 34.9 Å². The minimum Gasteiger partial charge on any atom is -0.461 e. The van der Waals surface area contributed by atoms with Crippen LogP contribution in [0.2, 0.25) is 0 Å². The van der Waals surface area contributed by atoms with Crippen LogP contribution in [0.3, 0.4) is 0 Å². The molecule has 0 rings (SSSR count). The Morgan fingerprint density at radius 2 is 1.64 bits per heavy atom. The highest BCUT2D eigenvalue weighted by molar-refractivity contribution is 8.14. The highest BCUT2D eigenvalue weighted by atomic mass is 32.2. The number of hydrogen-bond donors (Lipinski definition) is 1. The summed E-state index contributed by atoms with van der Waals surface area (Å²) in [5, 5.41) is 1.79. The second-order valence-corrected chi connectivity index (χ2v) is 8.78. The molecule has 162 valence electrons. The van der Waals surface area contributed by atoms with Crippen molar-refractivity contribution in [3.8, 4) is 0 Å². The molecule has 0 heterocycles. The quantitative estimate of drug-likeness (QED) is 0.401. The van der Waals surface area contributed by atoms with Gasteiger partial charge in [-0.05, 0) is 52.3 Å². The van der Waals surface area contributed by atoms with E-state index in [1.54, 1.807) is 27.7 Å². The molecule has 0 fully saturated rings. The van der Waals surface area contributed by atoms with Crippen molar-refractivity contribution in [2.45, 2.75) is 84.6 Å². The topological polar surface area (TPSA) is 108 Å². The number of amides is 1. The Kier molecular flexibility index (Phi) is 11.8. The number of carbonyl (C=O) groups is 4. The number of thioether (sulfide) groups is 1. The smallest absolute Gasteiger partial charge is 0.370 e. The lowest BCUT2D eigenvalue weighted by atomic mass is 10.0. The van der Waals surface area contributed by atoms with E-state index in [2.05, 4.69) is 5.32 Å². The Balaban J connectivity index is 4.80. The van der Waals surface area contributed by atoms with Gasteiger partial charge in [-0.15, -0.1) is 0 Å². The molecule has 0 aliphatic rings. The lowest BCUT2D eigenvalue weighted by Crippen LogP contribution is -2.53. The van der Waals surface area contributed by atoms with Crippen LogP contribution in [-0.4, -0.2) is 46.8 Å². The molecular formula is C19H33NO7S. The van der Waals surface area contributed by atoms with Gasteiger partial charge in [0.1, 0.15) is 6.04 Å². The molecule has 0 aromatic rings. The normalized spacial score (nSPS) is 13.4. The molecule has 0 spiro atoms. The zero-order valence-electron chi connectivity index (χ0n) is 17.8. The second kappa shape index (κ2) is 12.6. The number of nitrogens with one attached hydrogen (secondary N) is 1. The predicted molar refractivity (Wildman–Crippen MR) is 107 cm³/mol. The molecule has 0 saturated heterocycles. The van der Waals surface area contributed by atoms with E-state index in [0.29, 0.717) is 24.6 Å².